The molecule has 0 atom stereocenters. The number of benzene rings is 1. The molecule has 0 aliphatic rings. The maximum Gasteiger partial charge on any atom is 0.203 e. The van der Waals surface area contributed by atoms with Gasteiger partial charge in [-0.1, -0.05) is 32.1 Å². The highest BCUT2D eigenvalue weighted by molar-refractivity contribution is 6.17. The monoisotopic (exact) mass is 356 g/mol. The van der Waals surface area contributed by atoms with E-state index < -0.39 is 0 Å². The van der Waals surface area contributed by atoms with Crippen molar-refractivity contribution in [3.8, 4) is 17.2 Å². The van der Waals surface area contributed by atoms with Gasteiger partial charge in [0.2, 0.25) is 5.75 Å². The molecular weight excluding hydrogens is 328 g/mol. The second-order valence-electron chi connectivity index (χ2n) is 5.99. The van der Waals surface area contributed by atoms with Crippen molar-refractivity contribution < 1.29 is 19.4 Å². The number of ether oxygens (including phenoxy) is 2. The van der Waals surface area contributed by atoms with Crippen LogP contribution in [0.4, 0.5) is 0 Å². The van der Waals surface area contributed by atoms with Crippen molar-refractivity contribution in [3.05, 3.63) is 17.2 Å². The highest BCUT2D eigenvalue weighted by Crippen LogP contribution is 2.41. The van der Waals surface area contributed by atoms with Crippen LogP contribution < -0.4 is 9.47 Å². The van der Waals surface area contributed by atoms with Crippen LogP contribution in [-0.4, -0.2) is 31.0 Å². The highest BCUT2D eigenvalue weighted by Gasteiger charge is 2.21. The first-order valence-corrected chi connectivity index (χ1v) is 9.14. The summed E-state index contributed by atoms with van der Waals surface area (Å²) in [5.41, 5.74) is 1.05. The van der Waals surface area contributed by atoms with E-state index in [0.29, 0.717) is 23.3 Å². The number of unbranched alkanes of at least 4 members (excludes halogenated alkanes) is 6. The number of halogens is 1. The Morgan fingerprint density at radius 2 is 1.62 bits per heavy atom. The van der Waals surface area contributed by atoms with Gasteiger partial charge >= 0.3 is 0 Å². The maximum absolute atomic E-state index is 12.5. The van der Waals surface area contributed by atoms with Crippen LogP contribution in [0.1, 0.15) is 67.3 Å². The van der Waals surface area contributed by atoms with Gasteiger partial charge in [-0.3, -0.25) is 4.79 Å². The summed E-state index contributed by atoms with van der Waals surface area (Å²) in [4.78, 5) is 12.5. The number of Topliss-reactive ketones (excluding diaryl/α,β-unsaturated/α-hetero) is 1. The number of rotatable bonds is 12. The fourth-order valence-electron chi connectivity index (χ4n) is 2.84. The Morgan fingerprint density at radius 1 is 1.04 bits per heavy atom. The number of hydrogen-bond donors (Lipinski definition) is 1. The summed E-state index contributed by atoms with van der Waals surface area (Å²) in [5.74, 6) is 1.21. The summed E-state index contributed by atoms with van der Waals surface area (Å²) in [6.45, 7) is 1.80. The first kappa shape index (κ1) is 20.6. The van der Waals surface area contributed by atoms with Gasteiger partial charge < -0.3 is 14.6 Å². The quantitative estimate of drug-likeness (QED) is 0.315. The Morgan fingerprint density at radius 3 is 2.17 bits per heavy atom. The molecule has 0 fully saturated rings. The molecule has 0 aromatic heterocycles. The molecule has 0 spiro atoms. The second kappa shape index (κ2) is 11.2. The van der Waals surface area contributed by atoms with Gasteiger partial charge in [-0.15, -0.1) is 11.6 Å². The Labute approximate surface area is 150 Å². The predicted molar refractivity (Wildman–Crippen MR) is 97.9 cm³/mol. The lowest BCUT2D eigenvalue weighted by Gasteiger charge is -2.15. The minimum absolute atomic E-state index is 0.0481. The number of phenolic OH excluding ortho intramolecular Hbond substituents is 1. The summed E-state index contributed by atoms with van der Waals surface area (Å²) in [6, 6.07) is 1.72. The zero-order valence-corrected chi connectivity index (χ0v) is 15.7. The van der Waals surface area contributed by atoms with E-state index in [-0.39, 0.29) is 17.3 Å². The van der Waals surface area contributed by atoms with Gasteiger partial charge in [-0.2, -0.15) is 0 Å². The van der Waals surface area contributed by atoms with Gasteiger partial charge in [0.05, 0.1) is 19.8 Å². The number of aryl methyl sites for hydroxylation is 1. The van der Waals surface area contributed by atoms with Crippen LogP contribution in [0.2, 0.25) is 0 Å². The van der Waals surface area contributed by atoms with Crippen LogP contribution in [-0.2, 0) is 0 Å². The molecule has 1 aromatic carbocycles. The standard InChI is InChI=1S/C19H29ClO4/c1-14-13-16(23-2)19(24-3)18(22)17(14)15(21)11-9-7-5-4-6-8-10-12-20/h13,22H,4-12H2,1-3H3. The molecule has 0 heterocycles. The number of methoxy groups -OCH3 is 2. The minimum atomic E-state index is -0.125. The van der Waals surface area contributed by atoms with Crippen molar-refractivity contribution in [2.75, 3.05) is 20.1 Å². The van der Waals surface area contributed by atoms with E-state index in [4.69, 9.17) is 21.1 Å². The largest absolute Gasteiger partial charge is 0.504 e. The maximum atomic E-state index is 12.5. The Balaban J connectivity index is 2.53. The topological polar surface area (TPSA) is 55.8 Å². The van der Waals surface area contributed by atoms with Gasteiger partial charge in [0.15, 0.2) is 17.3 Å². The SMILES string of the molecule is COc1cc(C)c(C(=O)CCCCCCCCCCl)c(O)c1OC. The van der Waals surface area contributed by atoms with E-state index in [1.54, 1.807) is 13.0 Å². The van der Waals surface area contributed by atoms with Gasteiger partial charge in [0.25, 0.3) is 0 Å². The van der Waals surface area contributed by atoms with Crippen molar-refractivity contribution in [3.63, 3.8) is 0 Å². The van der Waals surface area contributed by atoms with Crippen molar-refractivity contribution in [2.24, 2.45) is 0 Å². The van der Waals surface area contributed by atoms with E-state index in [1.807, 2.05) is 0 Å². The number of carbonyl (C=O) groups is 1. The molecule has 1 aromatic rings. The number of alkyl halides is 1. The smallest absolute Gasteiger partial charge is 0.203 e. The van der Waals surface area contributed by atoms with Crippen molar-refractivity contribution >= 4 is 17.4 Å². The molecule has 0 radical (unpaired) electrons. The molecule has 1 rings (SSSR count). The third-order valence-electron chi connectivity index (χ3n) is 4.16. The van der Waals surface area contributed by atoms with Gasteiger partial charge in [0.1, 0.15) is 0 Å². The summed E-state index contributed by atoms with van der Waals surface area (Å²) in [7, 11) is 2.96. The van der Waals surface area contributed by atoms with Crippen LogP contribution in [0.15, 0.2) is 6.07 Å². The molecule has 0 bridgehead atoms. The first-order valence-electron chi connectivity index (χ1n) is 8.60. The number of carbonyl (C=O) groups excluding carboxylic acids is 1. The Bertz CT molecular complexity index is 529. The number of phenols is 1. The molecule has 0 saturated heterocycles. The van der Waals surface area contributed by atoms with Crippen molar-refractivity contribution in [1.82, 2.24) is 0 Å². The van der Waals surface area contributed by atoms with Crippen LogP contribution >= 0.6 is 11.6 Å². The normalized spacial score (nSPS) is 10.7. The third-order valence-corrected chi connectivity index (χ3v) is 4.43. The van der Waals surface area contributed by atoms with Gasteiger partial charge in [0, 0.05) is 12.3 Å². The Hall–Kier alpha value is -1.42. The molecular formula is C19H29ClO4. The average molecular weight is 357 g/mol. The van der Waals surface area contributed by atoms with Crippen LogP contribution in [0, 0.1) is 6.92 Å². The summed E-state index contributed by atoms with van der Waals surface area (Å²) in [6.07, 6.45) is 8.08. The van der Waals surface area contributed by atoms with E-state index in [9.17, 15) is 9.90 Å². The van der Waals surface area contributed by atoms with Crippen molar-refractivity contribution in [2.45, 2.75) is 58.3 Å². The zero-order valence-electron chi connectivity index (χ0n) is 15.0. The molecule has 136 valence electrons. The fraction of sp³-hybridized carbons (Fsp3) is 0.632. The predicted octanol–water partition coefficient (Wildman–Crippen LogP) is 5.26. The number of aromatic hydroxyl groups is 1. The first-order chi connectivity index (χ1) is 11.6. The molecule has 0 saturated carbocycles. The van der Waals surface area contributed by atoms with Gasteiger partial charge in [-0.05, 0) is 31.4 Å². The zero-order chi connectivity index (χ0) is 17.9. The van der Waals surface area contributed by atoms with Crippen molar-refractivity contribution in [1.29, 1.82) is 0 Å². The molecule has 0 amide bonds. The Kier molecular flexibility index (Phi) is 9.62. The lowest BCUT2D eigenvalue weighted by Crippen LogP contribution is -2.05. The van der Waals surface area contributed by atoms with E-state index >= 15 is 0 Å². The minimum Gasteiger partial charge on any atom is -0.504 e. The molecule has 0 aliphatic heterocycles. The molecule has 5 heteroatoms. The fourth-order valence-corrected chi connectivity index (χ4v) is 3.03. The number of ketones is 1. The summed E-state index contributed by atoms with van der Waals surface area (Å²) >= 11 is 5.65. The molecule has 24 heavy (non-hydrogen) atoms. The van der Waals surface area contributed by atoms with Gasteiger partial charge in [-0.25, -0.2) is 0 Å². The van der Waals surface area contributed by atoms with E-state index in [1.165, 1.54) is 33.5 Å². The van der Waals surface area contributed by atoms with E-state index in [0.717, 1.165) is 31.6 Å². The number of hydrogen-bond acceptors (Lipinski definition) is 4. The highest BCUT2D eigenvalue weighted by atomic mass is 35.5. The molecule has 0 unspecified atom stereocenters. The van der Waals surface area contributed by atoms with Crippen LogP contribution in [0.5, 0.6) is 17.2 Å². The lowest BCUT2D eigenvalue weighted by molar-refractivity contribution is 0.0975. The summed E-state index contributed by atoms with van der Waals surface area (Å²) in [5, 5.41) is 10.3. The molecule has 0 aliphatic carbocycles. The summed E-state index contributed by atoms with van der Waals surface area (Å²) < 4.78 is 10.3. The average Bonchev–Trinajstić information content (AvgIpc) is 2.56. The van der Waals surface area contributed by atoms with Crippen LogP contribution in [0.25, 0.3) is 0 Å². The molecule has 1 N–H and O–H groups in total. The second-order valence-corrected chi connectivity index (χ2v) is 6.37. The van der Waals surface area contributed by atoms with E-state index in [2.05, 4.69) is 0 Å². The molecule has 4 nitrogen and oxygen atoms in total. The third kappa shape index (κ3) is 5.90. The van der Waals surface area contributed by atoms with Crippen LogP contribution in [0.3, 0.4) is 0 Å². The lowest BCUT2D eigenvalue weighted by atomic mass is 9.97.